The molecule has 3 aromatic heterocycles. The first-order valence-electron chi connectivity index (χ1n) is 10.5. The van der Waals surface area contributed by atoms with Gasteiger partial charge in [-0.3, -0.25) is 10.1 Å². The molecule has 5 rings (SSSR count). The number of hydrogen-bond acceptors (Lipinski definition) is 7. The minimum Gasteiger partial charge on any atom is -0.497 e. The third-order valence-corrected chi connectivity index (χ3v) is 7.25. The molecule has 3 N–H and O–H groups in total. The number of hydrogen-bond donors (Lipinski definition) is 2. The number of amides is 1. The number of ether oxygens (including phenoxy) is 1. The minimum atomic E-state index is -4.70. The highest BCUT2D eigenvalue weighted by molar-refractivity contribution is 7.21. The Morgan fingerprint density at radius 2 is 1.69 bits per heavy atom. The number of pyridine rings is 1. The molecule has 0 unspecified atom stereocenters. The SMILES string of the molecule is COc1ccc(-c2cc(C(F)(F)F)c3c(N)c(C(=O)Nc4nc(-c5ccccc5)cs4)sc3n2)cc1. The number of nitrogens with one attached hydrogen (secondary N) is 1. The quantitative estimate of drug-likeness (QED) is 0.259. The Labute approximate surface area is 211 Å². The van der Waals surface area contributed by atoms with Crippen molar-refractivity contribution in [1.82, 2.24) is 9.97 Å². The fraction of sp³-hybridized carbons (Fsp3) is 0.0800. The normalized spacial score (nSPS) is 11.6. The summed E-state index contributed by atoms with van der Waals surface area (Å²) in [5, 5.41) is 4.44. The maximum absolute atomic E-state index is 14.0. The van der Waals surface area contributed by atoms with Crippen molar-refractivity contribution in [2.24, 2.45) is 0 Å². The monoisotopic (exact) mass is 526 g/mol. The van der Waals surface area contributed by atoms with Crippen LogP contribution in [0.2, 0.25) is 0 Å². The van der Waals surface area contributed by atoms with E-state index in [4.69, 9.17) is 10.5 Å². The first-order valence-corrected chi connectivity index (χ1v) is 12.2. The zero-order valence-electron chi connectivity index (χ0n) is 18.6. The van der Waals surface area contributed by atoms with E-state index in [1.807, 2.05) is 30.3 Å². The van der Waals surface area contributed by atoms with Gasteiger partial charge in [0.1, 0.15) is 15.5 Å². The molecule has 0 bridgehead atoms. The number of methoxy groups -OCH3 is 1. The number of anilines is 2. The summed E-state index contributed by atoms with van der Waals surface area (Å²) in [4.78, 5) is 21.7. The molecule has 3 heterocycles. The standard InChI is InChI=1S/C25H17F3N4O2S2/c1-34-15-9-7-14(8-10-15)17-11-16(25(26,27)28)19-20(29)21(36-23(19)30-17)22(33)32-24-31-18(12-35-24)13-5-3-2-4-6-13/h2-12H,29H2,1H3,(H,31,32,33). The average Bonchev–Trinajstić information content (AvgIpc) is 3.48. The molecule has 182 valence electrons. The second-order valence-electron chi connectivity index (χ2n) is 7.66. The van der Waals surface area contributed by atoms with Gasteiger partial charge < -0.3 is 10.5 Å². The van der Waals surface area contributed by atoms with Crippen molar-refractivity contribution in [1.29, 1.82) is 0 Å². The van der Waals surface area contributed by atoms with E-state index in [2.05, 4.69) is 15.3 Å². The second-order valence-corrected chi connectivity index (χ2v) is 9.52. The lowest BCUT2D eigenvalue weighted by atomic mass is 10.1. The highest BCUT2D eigenvalue weighted by atomic mass is 32.1. The number of benzene rings is 2. The van der Waals surface area contributed by atoms with E-state index in [9.17, 15) is 18.0 Å². The average molecular weight is 527 g/mol. The molecule has 1 amide bonds. The number of thiophene rings is 1. The molecule has 36 heavy (non-hydrogen) atoms. The van der Waals surface area contributed by atoms with E-state index >= 15 is 0 Å². The molecule has 0 aliphatic carbocycles. The fourth-order valence-corrected chi connectivity index (χ4v) is 5.38. The number of nitrogens with zero attached hydrogens (tertiary/aromatic N) is 2. The van der Waals surface area contributed by atoms with Gasteiger partial charge >= 0.3 is 6.18 Å². The highest BCUT2D eigenvalue weighted by Crippen LogP contribution is 2.43. The van der Waals surface area contributed by atoms with Crippen LogP contribution in [0.25, 0.3) is 32.7 Å². The molecule has 0 aliphatic heterocycles. The van der Waals surface area contributed by atoms with Crippen LogP contribution in [0, 0.1) is 0 Å². The maximum atomic E-state index is 14.0. The molecule has 0 radical (unpaired) electrons. The molecule has 0 aliphatic rings. The third-order valence-electron chi connectivity index (χ3n) is 5.39. The summed E-state index contributed by atoms with van der Waals surface area (Å²) in [7, 11) is 1.50. The van der Waals surface area contributed by atoms with Gasteiger partial charge in [-0.25, -0.2) is 9.97 Å². The second kappa shape index (κ2) is 9.25. The molecule has 0 saturated carbocycles. The lowest BCUT2D eigenvalue weighted by Crippen LogP contribution is -2.12. The zero-order valence-corrected chi connectivity index (χ0v) is 20.2. The molecule has 0 fully saturated rings. The van der Waals surface area contributed by atoms with Crippen LogP contribution < -0.4 is 15.8 Å². The van der Waals surface area contributed by atoms with Gasteiger partial charge in [0.05, 0.1) is 29.7 Å². The summed E-state index contributed by atoms with van der Waals surface area (Å²) in [6.45, 7) is 0. The zero-order chi connectivity index (χ0) is 25.4. The maximum Gasteiger partial charge on any atom is 0.417 e. The van der Waals surface area contributed by atoms with Gasteiger partial charge in [0.2, 0.25) is 0 Å². The van der Waals surface area contributed by atoms with E-state index in [0.29, 0.717) is 22.1 Å². The lowest BCUT2D eigenvalue weighted by Gasteiger charge is -2.11. The molecule has 11 heteroatoms. The van der Waals surface area contributed by atoms with E-state index < -0.39 is 17.6 Å². The molecule has 0 saturated heterocycles. The Morgan fingerprint density at radius 3 is 2.36 bits per heavy atom. The summed E-state index contributed by atoms with van der Waals surface area (Å²) in [6.07, 6.45) is -4.70. The molecular formula is C25H17F3N4O2S2. The Bertz CT molecular complexity index is 1560. The predicted molar refractivity (Wildman–Crippen MR) is 137 cm³/mol. The Morgan fingerprint density at radius 1 is 1.00 bits per heavy atom. The first kappa shape index (κ1) is 23.8. The number of aromatic nitrogens is 2. The van der Waals surface area contributed by atoms with Crippen LogP contribution in [-0.4, -0.2) is 23.0 Å². The number of nitrogen functional groups attached to an aromatic ring is 1. The highest BCUT2D eigenvalue weighted by Gasteiger charge is 2.36. The minimum absolute atomic E-state index is 0.0161. The van der Waals surface area contributed by atoms with Crippen LogP contribution in [0.5, 0.6) is 5.75 Å². The van der Waals surface area contributed by atoms with Crippen LogP contribution in [0.4, 0.5) is 24.0 Å². The van der Waals surface area contributed by atoms with Crippen LogP contribution >= 0.6 is 22.7 Å². The number of carbonyl (C=O) groups is 1. The number of carbonyl (C=O) groups excluding carboxylic acids is 1. The molecule has 0 atom stereocenters. The van der Waals surface area contributed by atoms with Gasteiger partial charge in [-0.1, -0.05) is 30.3 Å². The smallest absolute Gasteiger partial charge is 0.417 e. The summed E-state index contributed by atoms with van der Waals surface area (Å²) in [5.41, 5.74) is 6.99. The van der Waals surface area contributed by atoms with Crippen molar-refractivity contribution < 1.29 is 22.7 Å². The predicted octanol–water partition coefficient (Wildman–Crippen LogP) is 6.95. The van der Waals surface area contributed by atoms with Gasteiger partial charge in [0.15, 0.2) is 5.13 Å². The van der Waals surface area contributed by atoms with Crippen LogP contribution in [0.1, 0.15) is 15.2 Å². The van der Waals surface area contributed by atoms with Crippen molar-refractivity contribution in [3.05, 3.63) is 76.5 Å². The lowest BCUT2D eigenvalue weighted by molar-refractivity contribution is -0.136. The molecule has 5 aromatic rings. The Hall–Kier alpha value is -3.96. The van der Waals surface area contributed by atoms with Crippen LogP contribution in [0.3, 0.4) is 0 Å². The molecule has 2 aromatic carbocycles. The van der Waals surface area contributed by atoms with Crippen LogP contribution in [-0.2, 0) is 6.18 Å². The van der Waals surface area contributed by atoms with Crippen molar-refractivity contribution in [2.45, 2.75) is 6.18 Å². The van der Waals surface area contributed by atoms with Crippen molar-refractivity contribution in [3.8, 4) is 28.3 Å². The van der Waals surface area contributed by atoms with Gasteiger partial charge in [-0.2, -0.15) is 13.2 Å². The number of nitrogens with two attached hydrogens (primary N) is 1. The van der Waals surface area contributed by atoms with E-state index in [0.717, 1.165) is 23.0 Å². The van der Waals surface area contributed by atoms with Gasteiger partial charge in [0.25, 0.3) is 5.91 Å². The van der Waals surface area contributed by atoms with Gasteiger partial charge in [-0.05, 0) is 30.3 Å². The fourth-order valence-electron chi connectivity index (χ4n) is 3.65. The number of fused-ring (bicyclic) bond motifs is 1. The van der Waals surface area contributed by atoms with Crippen LogP contribution in [0.15, 0.2) is 66.0 Å². The Kier molecular flexibility index (Phi) is 6.10. The van der Waals surface area contributed by atoms with E-state index in [1.54, 1.807) is 29.6 Å². The summed E-state index contributed by atoms with van der Waals surface area (Å²) < 4.78 is 47.2. The summed E-state index contributed by atoms with van der Waals surface area (Å²) >= 11 is 2.01. The van der Waals surface area contributed by atoms with Crippen molar-refractivity contribution >= 4 is 49.6 Å². The number of halogens is 3. The molecule has 0 spiro atoms. The van der Waals surface area contributed by atoms with Gasteiger partial charge in [0, 0.05) is 21.9 Å². The Balaban J connectivity index is 1.52. The number of alkyl halides is 3. The van der Waals surface area contributed by atoms with E-state index in [1.165, 1.54) is 18.4 Å². The summed E-state index contributed by atoms with van der Waals surface area (Å²) in [6, 6.07) is 16.8. The number of rotatable bonds is 5. The molecule has 6 nitrogen and oxygen atoms in total. The topological polar surface area (TPSA) is 90.1 Å². The van der Waals surface area contributed by atoms with E-state index in [-0.39, 0.29) is 26.5 Å². The van der Waals surface area contributed by atoms with Gasteiger partial charge in [-0.15, -0.1) is 22.7 Å². The third kappa shape index (κ3) is 4.50. The van der Waals surface area contributed by atoms with Crippen molar-refractivity contribution in [2.75, 3.05) is 18.2 Å². The first-order chi connectivity index (χ1) is 17.2. The molecular weight excluding hydrogens is 509 g/mol. The van der Waals surface area contributed by atoms with Crippen molar-refractivity contribution in [3.63, 3.8) is 0 Å². The number of thiazole rings is 1. The summed E-state index contributed by atoms with van der Waals surface area (Å²) in [5.74, 6) is -0.0867. The largest absolute Gasteiger partial charge is 0.497 e.